The van der Waals surface area contributed by atoms with Gasteiger partial charge in [-0.2, -0.15) is 0 Å². The Morgan fingerprint density at radius 3 is 2.50 bits per heavy atom. The van der Waals surface area contributed by atoms with Crippen LogP contribution in [0.4, 0.5) is 6.01 Å². The number of ether oxygens (including phenoxy) is 2. The van der Waals surface area contributed by atoms with Crippen LogP contribution in [-0.4, -0.2) is 50.2 Å². The molecule has 0 fully saturated rings. The highest BCUT2D eigenvalue weighted by molar-refractivity contribution is 5.26. The molecule has 0 saturated heterocycles. The molecule has 0 saturated carbocycles. The van der Waals surface area contributed by atoms with Gasteiger partial charge in [-0.15, -0.1) is 5.10 Å². The lowest BCUT2D eigenvalue weighted by atomic mass is 10.3. The third kappa shape index (κ3) is 3.94. The second-order valence-electron chi connectivity index (χ2n) is 4.20. The van der Waals surface area contributed by atoms with Gasteiger partial charge in [0.25, 0.3) is 0 Å². The molecule has 2 atom stereocenters. The van der Waals surface area contributed by atoms with Crippen LogP contribution in [0.5, 0.6) is 0 Å². The molecule has 104 valence electrons. The van der Waals surface area contributed by atoms with Crippen molar-refractivity contribution in [3.05, 3.63) is 5.89 Å². The first-order valence-electron chi connectivity index (χ1n) is 5.93. The lowest BCUT2D eigenvalue weighted by Crippen LogP contribution is -2.38. The molecule has 0 spiro atoms. The number of hydrogen-bond donors (Lipinski definition) is 1. The molecule has 1 aromatic rings. The van der Waals surface area contributed by atoms with Crippen LogP contribution in [0.15, 0.2) is 4.42 Å². The predicted octanol–water partition coefficient (Wildman–Crippen LogP) is 0.577. The Balaban J connectivity index is 2.79. The molecule has 0 radical (unpaired) electrons. The fraction of sp³-hybridized carbons (Fsp3) is 0.818. The second kappa shape index (κ2) is 7.30. The van der Waals surface area contributed by atoms with E-state index < -0.39 is 0 Å². The highest BCUT2D eigenvalue weighted by Crippen LogP contribution is 2.18. The van der Waals surface area contributed by atoms with Gasteiger partial charge in [-0.05, 0) is 13.8 Å². The van der Waals surface area contributed by atoms with Gasteiger partial charge in [0.1, 0.15) is 0 Å². The summed E-state index contributed by atoms with van der Waals surface area (Å²) in [5, 5.41) is 7.93. The van der Waals surface area contributed by atoms with Gasteiger partial charge in [0, 0.05) is 20.8 Å². The van der Waals surface area contributed by atoms with Crippen molar-refractivity contribution in [1.82, 2.24) is 10.2 Å². The first-order valence-corrected chi connectivity index (χ1v) is 5.93. The molecule has 0 aliphatic heterocycles. The van der Waals surface area contributed by atoms with E-state index in [-0.39, 0.29) is 12.1 Å². The van der Waals surface area contributed by atoms with Crippen LogP contribution in [0.1, 0.15) is 25.8 Å². The Hall–Kier alpha value is -1.18. The fourth-order valence-corrected chi connectivity index (χ4v) is 1.55. The van der Waals surface area contributed by atoms with Crippen molar-refractivity contribution in [2.45, 2.75) is 25.9 Å². The van der Waals surface area contributed by atoms with Crippen molar-refractivity contribution in [2.24, 2.45) is 5.73 Å². The molecule has 1 heterocycles. The molecule has 0 aliphatic carbocycles. The predicted molar refractivity (Wildman–Crippen MR) is 67.5 cm³/mol. The zero-order chi connectivity index (χ0) is 13.5. The van der Waals surface area contributed by atoms with Crippen LogP contribution in [0.25, 0.3) is 0 Å². The van der Waals surface area contributed by atoms with E-state index in [4.69, 9.17) is 19.6 Å². The standard InChI is InChI=1S/C11H22N4O3/c1-8(7-17-4)15(5-6-16-3)11-14-13-10(18-11)9(2)12/h8-9H,5-7,12H2,1-4H3. The Morgan fingerprint density at radius 2 is 2.00 bits per heavy atom. The molecule has 18 heavy (non-hydrogen) atoms. The molecule has 7 nitrogen and oxygen atoms in total. The Kier molecular flexibility index (Phi) is 6.03. The molecule has 7 heteroatoms. The van der Waals surface area contributed by atoms with Gasteiger partial charge >= 0.3 is 6.01 Å². The summed E-state index contributed by atoms with van der Waals surface area (Å²) in [5.74, 6) is 0.428. The molecular formula is C11H22N4O3. The molecule has 0 aromatic carbocycles. The van der Waals surface area contributed by atoms with E-state index in [2.05, 4.69) is 10.2 Å². The lowest BCUT2D eigenvalue weighted by molar-refractivity contribution is 0.168. The van der Waals surface area contributed by atoms with E-state index >= 15 is 0 Å². The summed E-state index contributed by atoms with van der Waals surface area (Å²) in [6, 6.07) is 0.295. The van der Waals surface area contributed by atoms with Gasteiger partial charge in [0.15, 0.2) is 0 Å². The molecule has 2 unspecified atom stereocenters. The normalized spacial score (nSPS) is 14.5. The summed E-state index contributed by atoms with van der Waals surface area (Å²) in [6.45, 7) is 5.62. The molecule has 2 N–H and O–H groups in total. The van der Waals surface area contributed by atoms with Crippen LogP contribution in [0, 0.1) is 0 Å². The summed E-state index contributed by atoms with van der Waals surface area (Å²) in [5.41, 5.74) is 5.70. The highest BCUT2D eigenvalue weighted by atomic mass is 16.5. The first-order chi connectivity index (χ1) is 8.60. The molecule has 0 amide bonds. The van der Waals surface area contributed by atoms with Crippen molar-refractivity contribution in [3.63, 3.8) is 0 Å². The smallest absolute Gasteiger partial charge is 0.318 e. The van der Waals surface area contributed by atoms with Gasteiger partial charge in [-0.25, -0.2) is 0 Å². The minimum absolute atomic E-state index is 0.117. The van der Waals surface area contributed by atoms with Crippen LogP contribution in [0.3, 0.4) is 0 Å². The number of nitrogens with two attached hydrogens (primary N) is 1. The lowest BCUT2D eigenvalue weighted by Gasteiger charge is -2.26. The number of nitrogens with zero attached hydrogens (tertiary/aromatic N) is 3. The Labute approximate surface area is 107 Å². The van der Waals surface area contributed by atoms with Crippen LogP contribution >= 0.6 is 0 Å². The number of anilines is 1. The summed E-state index contributed by atoms with van der Waals surface area (Å²) >= 11 is 0. The van der Waals surface area contributed by atoms with E-state index in [0.29, 0.717) is 31.7 Å². The summed E-state index contributed by atoms with van der Waals surface area (Å²) in [4.78, 5) is 1.95. The maximum Gasteiger partial charge on any atom is 0.318 e. The monoisotopic (exact) mass is 258 g/mol. The Bertz CT molecular complexity index is 343. The topological polar surface area (TPSA) is 86.6 Å². The van der Waals surface area contributed by atoms with Gasteiger partial charge in [0.2, 0.25) is 5.89 Å². The Morgan fingerprint density at radius 1 is 1.28 bits per heavy atom. The van der Waals surface area contributed by atoms with Crippen molar-refractivity contribution in [3.8, 4) is 0 Å². The molecule has 1 rings (SSSR count). The van der Waals surface area contributed by atoms with Gasteiger partial charge in [-0.1, -0.05) is 5.10 Å². The summed E-state index contributed by atoms with van der Waals surface area (Å²) in [7, 11) is 3.31. The summed E-state index contributed by atoms with van der Waals surface area (Å²) in [6.07, 6.45) is 0. The van der Waals surface area contributed by atoms with Gasteiger partial charge in [0.05, 0.1) is 25.3 Å². The number of rotatable bonds is 8. The third-order valence-electron chi connectivity index (χ3n) is 2.54. The molecular weight excluding hydrogens is 236 g/mol. The van der Waals surface area contributed by atoms with Gasteiger partial charge < -0.3 is 24.5 Å². The minimum Gasteiger partial charge on any atom is -0.406 e. The molecule has 0 aliphatic rings. The van der Waals surface area contributed by atoms with E-state index in [1.807, 2.05) is 11.8 Å². The quantitative estimate of drug-likeness (QED) is 0.729. The number of methoxy groups -OCH3 is 2. The maximum atomic E-state index is 5.70. The summed E-state index contributed by atoms with van der Waals surface area (Å²) < 4.78 is 15.8. The zero-order valence-electron chi connectivity index (χ0n) is 11.4. The largest absolute Gasteiger partial charge is 0.406 e. The van der Waals surface area contributed by atoms with Gasteiger partial charge in [-0.3, -0.25) is 0 Å². The zero-order valence-corrected chi connectivity index (χ0v) is 11.4. The second-order valence-corrected chi connectivity index (χ2v) is 4.20. The van der Waals surface area contributed by atoms with Crippen molar-refractivity contribution < 1.29 is 13.9 Å². The SMILES string of the molecule is COCCN(c1nnc(C(C)N)o1)C(C)COC. The fourth-order valence-electron chi connectivity index (χ4n) is 1.55. The van der Waals surface area contributed by atoms with Crippen molar-refractivity contribution >= 4 is 6.01 Å². The van der Waals surface area contributed by atoms with Crippen LogP contribution in [0.2, 0.25) is 0 Å². The highest BCUT2D eigenvalue weighted by Gasteiger charge is 2.21. The molecule has 0 bridgehead atoms. The van der Waals surface area contributed by atoms with Crippen molar-refractivity contribution in [1.29, 1.82) is 0 Å². The van der Waals surface area contributed by atoms with Crippen LogP contribution < -0.4 is 10.6 Å². The van der Waals surface area contributed by atoms with E-state index in [1.165, 1.54) is 0 Å². The van der Waals surface area contributed by atoms with E-state index in [0.717, 1.165) is 0 Å². The first kappa shape index (κ1) is 14.9. The third-order valence-corrected chi connectivity index (χ3v) is 2.54. The minimum atomic E-state index is -0.270. The number of hydrogen-bond acceptors (Lipinski definition) is 7. The van der Waals surface area contributed by atoms with E-state index in [9.17, 15) is 0 Å². The van der Waals surface area contributed by atoms with E-state index in [1.54, 1.807) is 21.1 Å². The maximum absolute atomic E-state index is 5.70. The van der Waals surface area contributed by atoms with Crippen LogP contribution in [-0.2, 0) is 9.47 Å². The molecule has 1 aromatic heterocycles. The number of aromatic nitrogens is 2. The average Bonchev–Trinajstić information content (AvgIpc) is 2.79. The average molecular weight is 258 g/mol. The van der Waals surface area contributed by atoms with Crippen molar-refractivity contribution in [2.75, 3.05) is 38.9 Å².